The number of rotatable bonds is 5. The molecule has 2 aromatic rings. The number of nitrogens with zero attached hydrogens (tertiary/aromatic N) is 1. The van der Waals surface area contributed by atoms with Crippen LogP contribution in [0.2, 0.25) is 0 Å². The predicted molar refractivity (Wildman–Crippen MR) is 95.4 cm³/mol. The number of aliphatic hydroxyl groups excluding tert-OH is 1. The lowest BCUT2D eigenvalue weighted by atomic mass is 10.00. The number of aliphatic hydroxyl groups is 1. The van der Waals surface area contributed by atoms with Gasteiger partial charge in [0.25, 0.3) is 0 Å². The summed E-state index contributed by atoms with van der Waals surface area (Å²) in [7, 11) is 0. The van der Waals surface area contributed by atoms with E-state index in [0.717, 1.165) is 38.1 Å². The van der Waals surface area contributed by atoms with Gasteiger partial charge in [0.1, 0.15) is 18.5 Å². The van der Waals surface area contributed by atoms with E-state index >= 15 is 0 Å². The molecule has 1 heterocycles. The summed E-state index contributed by atoms with van der Waals surface area (Å²) in [5.41, 5.74) is 5.59. The summed E-state index contributed by atoms with van der Waals surface area (Å²) < 4.78 is 5.94. The molecule has 3 heteroatoms. The number of aryl methyl sites for hydroxylation is 1. The van der Waals surface area contributed by atoms with Crippen LogP contribution in [0.15, 0.2) is 42.5 Å². The van der Waals surface area contributed by atoms with E-state index in [1.165, 1.54) is 28.7 Å². The Morgan fingerprint density at radius 3 is 2.71 bits per heavy atom. The Balaban J connectivity index is 1.32. The number of β-amino-alcohol motifs (C(OH)–C–C–N with tert-alkyl or cyclic N) is 1. The lowest BCUT2D eigenvalue weighted by molar-refractivity contribution is 0.0635. The van der Waals surface area contributed by atoms with Crippen LogP contribution in [0, 0.1) is 0 Å². The first-order chi connectivity index (χ1) is 11.8. The topological polar surface area (TPSA) is 32.7 Å². The molecule has 0 radical (unpaired) electrons. The Morgan fingerprint density at radius 1 is 0.958 bits per heavy atom. The summed E-state index contributed by atoms with van der Waals surface area (Å²) in [6.07, 6.45) is 4.08. The van der Waals surface area contributed by atoms with Crippen LogP contribution in [-0.2, 0) is 25.8 Å². The SMILES string of the molecule is OC(COc1cccc2c1CCC2)CN1CCc2ccccc2C1. The summed E-state index contributed by atoms with van der Waals surface area (Å²) >= 11 is 0. The minimum atomic E-state index is -0.451. The zero-order valence-electron chi connectivity index (χ0n) is 14.1. The quantitative estimate of drug-likeness (QED) is 0.918. The lowest BCUT2D eigenvalue weighted by Gasteiger charge is -2.30. The van der Waals surface area contributed by atoms with Crippen LogP contribution in [0.5, 0.6) is 5.75 Å². The van der Waals surface area contributed by atoms with Crippen LogP contribution in [-0.4, -0.2) is 35.8 Å². The molecule has 4 rings (SSSR count). The number of benzene rings is 2. The number of hydrogen-bond acceptors (Lipinski definition) is 3. The van der Waals surface area contributed by atoms with Gasteiger partial charge in [0, 0.05) is 19.6 Å². The summed E-state index contributed by atoms with van der Waals surface area (Å²) in [6.45, 7) is 2.97. The van der Waals surface area contributed by atoms with Crippen LogP contribution in [0.25, 0.3) is 0 Å². The first-order valence-electron chi connectivity index (χ1n) is 9.00. The van der Waals surface area contributed by atoms with Crippen LogP contribution in [0.4, 0.5) is 0 Å². The normalized spacial score (nSPS) is 18.0. The fourth-order valence-corrected chi connectivity index (χ4v) is 3.97. The molecule has 3 nitrogen and oxygen atoms in total. The van der Waals surface area contributed by atoms with E-state index in [2.05, 4.69) is 41.3 Å². The molecule has 0 aromatic heterocycles. The second kappa shape index (κ2) is 6.96. The molecule has 1 N–H and O–H groups in total. The highest BCUT2D eigenvalue weighted by atomic mass is 16.5. The predicted octanol–water partition coefficient (Wildman–Crippen LogP) is 2.97. The first-order valence-corrected chi connectivity index (χ1v) is 9.00. The third-order valence-corrected chi connectivity index (χ3v) is 5.21. The van der Waals surface area contributed by atoms with Crippen molar-refractivity contribution in [3.8, 4) is 5.75 Å². The molecule has 1 atom stereocenters. The summed E-state index contributed by atoms with van der Waals surface area (Å²) in [5.74, 6) is 0.966. The van der Waals surface area contributed by atoms with Gasteiger partial charge in [0.05, 0.1) is 0 Å². The van der Waals surface area contributed by atoms with Crippen molar-refractivity contribution in [2.24, 2.45) is 0 Å². The van der Waals surface area contributed by atoms with Crippen molar-refractivity contribution in [3.05, 3.63) is 64.7 Å². The Hall–Kier alpha value is -1.84. The van der Waals surface area contributed by atoms with Crippen molar-refractivity contribution in [2.75, 3.05) is 19.7 Å². The third kappa shape index (κ3) is 3.33. The Kier molecular flexibility index (Phi) is 4.54. The molecule has 0 bridgehead atoms. The van der Waals surface area contributed by atoms with Gasteiger partial charge >= 0.3 is 0 Å². The fraction of sp³-hybridized carbons (Fsp3) is 0.429. The van der Waals surface area contributed by atoms with Gasteiger partial charge in [-0.2, -0.15) is 0 Å². The number of ether oxygens (including phenoxy) is 1. The fourth-order valence-electron chi connectivity index (χ4n) is 3.97. The molecule has 2 aliphatic rings. The van der Waals surface area contributed by atoms with Crippen LogP contribution < -0.4 is 4.74 Å². The van der Waals surface area contributed by atoms with Crippen molar-refractivity contribution < 1.29 is 9.84 Å². The molecule has 0 saturated heterocycles. The van der Waals surface area contributed by atoms with Gasteiger partial charge in [-0.05, 0) is 54.0 Å². The van der Waals surface area contributed by atoms with Crippen LogP contribution >= 0.6 is 0 Å². The minimum absolute atomic E-state index is 0.370. The van der Waals surface area contributed by atoms with Crippen molar-refractivity contribution >= 4 is 0 Å². The molecule has 24 heavy (non-hydrogen) atoms. The zero-order chi connectivity index (χ0) is 16.4. The average molecular weight is 323 g/mol. The van der Waals surface area contributed by atoms with Gasteiger partial charge in [-0.1, -0.05) is 36.4 Å². The van der Waals surface area contributed by atoms with E-state index in [1.807, 2.05) is 6.07 Å². The smallest absolute Gasteiger partial charge is 0.122 e. The molecule has 2 aromatic carbocycles. The maximum Gasteiger partial charge on any atom is 0.122 e. The van der Waals surface area contributed by atoms with Crippen molar-refractivity contribution in [3.63, 3.8) is 0 Å². The van der Waals surface area contributed by atoms with E-state index in [4.69, 9.17) is 4.74 Å². The van der Waals surface area contributed by atoms with Crippen molar-refractivity contribution in [2.45, 2.75) is 38.3 Å². The van der Waals surface area contributed by atoms with Gasteiger partial charge in [0.15, 0.2) is 0 Å². The molecule has 1 aliphatic heterocycles. The maximum absolute atomic E-state index is 10.4. The Labute approximate surface area is 143 Å². The van der Waals surface area contributed by atoms with E-state index in [9.17, 15) is 5.11 Å². The molecule has 0 saturated carbocycles. The van der Waals surface area contributed by atoms with Gasteiger partial charge < -0.3 is 9.84 Å². The highest BCUT2D eigenvalue weighted by Gasteiger charge is 2.20. The molecule has 1 aliphatic carbocycles. The highest BCUT2D eigenvalue weighted by molar-refractivity contribution is 5.43. The van der Waals surface area contributed by atoms with Crippen LogP contribution in [0.1, 0.15) is 28.7 Å². The van der Waals surface area contributed by atoms with E-state index in [0.29, 0.717) is 13.2 Å². The Morgan fingerprint density at radius 2 is 1.79 bits per heavy atom. The van der Waals surface area contributed by atoms with Crippen molar-refractivity contribution in [1.82, 2.24) is 4.90 Å². The first kappa shape index (κ1) is 15.7. The molecule has 0 fully saturated rings. The van der Waals surface area contributed by atoms with E-state index < -0.39 is 6.10 Å². The Bertz CT molecular complexity index is 713. The summed E-state index contributed by atoms with van der Waals surface area (Å²) in [4.78, 5) is 2.33. The largest absolute Gasteiger partial charge is 0.491 e. The maximum atomic E-state index is 10.4. The molecule has 0 amide bonds. The monoisotopic (exact) mass is 323 g/mol. The molecular formula is C21H25NO2. The highest BCUT2D eigenvalue weighted by Crippen LogP contribution is 2.30. The second-order valence-corrected chi connectivity index (χ2v) is 6.97. The van der Waals surface area contributed by atoms with Crippen LogP contribution in [0.3, 0.4) is 0 Å². The minimum Gasteiger partial charge on any atom is -0.491 e. The summed E-state index contributed by atoms with van der Waals surface area (Å²) in [6, 6.07) is 14.9. The van der Waals surface area contributed by atoms with Crippen molar-refractivity contribution in [1.29, 1.82) is 0 Å². The molecule has 0 spiro atoms. The number of hydrogen-bond donors (Lipinski definition) is 1. The average Bonchev–Trinajstić information content (AvgIpc) is 3.09. The van der Waals surface area contributed by atoms with Gasteiger partial charge in [-0.3, -0.25) is 4.90 Å². The molecule has 126 valence electrons. The summed E-state index contributed by atoms with van der Waals surface area (Å²) in [5, 5.41) is 10.4. The van der Waals surface area contributed by atoms with E-state index in [-0.39, 0.29) is 0 Å². The van der Waals surface area contributed by atoms with E-state index in [1.54, 1.807) is 0 Å². The standard InChI is InChI=1S/C21H25NO2/c23-19(14-22-12-11-16-5-1-2-6-18(16)13-22)15-24-21-10-4-8-17-7-3-9-20(17)21/h1-2,4-6,8,10,19,23H,3,7,9,11-15H2. The molecule has 1 unspecified atom stereocenters. The lowest BCUT2D eigenvalue weighted by Crippen LogP contribution is -2.38. The van der Waals surface area contributed by atoms with Gasteiger partial charge in [-0.15, -0.1) is 0 Å². The van der Waals surface area contributed by atoms with Gasteiger partial charge in [0.2, 0.25) is 0 Å². The second-order valence-electron chi connectivity index (χ2n) is 6.97. The third-order valence-electron chi connectivity index (χ3n) is 5.21. The molecular weight excluding hydrogens is 298 g/mol. The number of fused-ring (bicyclic) bond motifs is 2. The zero-order valence-corrected chi connectivity index (χ0v) is 14.1. The van der Waals surface area contributed by atoms with Gasteiger partial charge in [-0.25, -0.2) is 0 Å².